The molecule has 88 valence electrons. The lowest BCUT2D eigenvalue weighted by Crippen LogP contribution is -2.06. The SMILES string of the molecule is CC(C)Oc1cccc(-n2cccc2C=O)c1. The highest BCUT2D eigenvalue weighted by Gasteiger charge is 2.04. The summed E-state index contributed by atoms with van der Waals surface area (Å²) < 4.78 is 7.46. The fourth-order valence-electron chi connectivity index (χ4n) is 1.70. The summed E-state index contributed by atoms with van der Waals surface area (Å²) >= 11 is 0. The van der Waals surface area contributed by atoms with Gasteiger partial charge in [-0.1, -0.05) is 6.07 Å². The van der Waals surface area contributed by atoms with Gasteiger partial charge in [-0.15, -0.1) is 0 Å². The molecule has 3 heteroatoms. The maximum absolute atomic E-state index is 10.9. The van der Waals surface area contributed by atoms with Crippen LogP contribution in [0.1, 0.15) is 24.3 Å². The molecular formula is C14H15NO2. The number of rotatable bonds is 4. The zero-order chi connectivity index (χ0) is 12.3. The van der Waals surface area contributed by atoms with Gasteiger partial charge >= 0.3 is 0 Å². The van der Waals surface area contributed by atoms with Crippen molar-refractivity contribution in [3.63, 3.8) is 0 Å². The molecule has 2 aromatic rings. The lowest BCUT2D eigenvalue weighted by atomic mass is 10.3. The van der Waals surface area contributed by atoms with E-state index < -0.39 is 0 Å². The van der Waals surface area contributed by atoms with E-state index in [1.165, 1.54) is 0 Å². The maximum Gasteiger partial charge on any atom is 0.166 e. The Bertz CT molecular complexity index is 514. The van der Waals surface area contributed by atoms with Crippen LogP contribution in [0.5, 0.6) is 5.75 Å². The smallest absolute Gasteiger partial charge is 0.166 e. The molecule has 0 fully saturated rings. The van der Waals surface area contributed by atoms with Gasteiger partial charge in [-0.05, 0) is 38.1 Å². The van der Waals surface area contributed by atoms with Crippen LogP contribution in [0.4, 0.5) is 0 Å². The molecule has 0 aliphatic heterocycles. The number of benzene rings is 1. The standard InChI is InChI=1S/C14H15NO2/c1-11(2)17-14-7-3-5-12(9-14)15-8-4-6-13(15)10-16/h3-11H,1-2H3. The van der Waals surface area contributed by atoms with Crippen LogP contribution >= 0.6 is 0 Å². The van der Waals surface area contributed by atoms with Crippen molar-refractivity contribution in [1.29, 1.82) is 0 Å². The van der Waals surface area contributed by atoms with E-state index in [2.05, 4.69) is 0 Å². The zero-order valence-corrected chi connectivity index (χ0v) is 9.96. The van der Waals surface area contributed by atoms with Gasteiger partial charge < -0.3 is 9.30 Å². The van der Waals surface area contributed by atoms with E-state index in [9.17, 15) is 4.79 Å². The Morgan fingerprint density at radius 1 is 1.24 bits per heavy atom. The topological polar surface area (TPSA) is 31.2 Å². The molecule has 2 rings (SSSR count). The fourth-order valence-corrected chi connectivity index (χ4v) is 1.70. The van der Waals surface area contributed by atoms with Crippen molar-refractivity contribution in [3.8, 4) is 11.4 Å². The molecule has 0 amide bonds. The van der Waals surface area contributed by atoms with Gasteiger partial charge in [0.2, 0.25) is 0 Å². The van der Waals surface area contributed by atoms with Gasteiger partial charge in [0.25, 0.3) is 0 Å². The third-order valence-electron chi connectivity index (χ3n) is 2.37. The highest BCUT2D eigenvalue weighted by atomic mass is 16.5. The molecule has 17 heavy (non-hydrogen) atoms. The molecule has 3 nitrogen and oxygen atoms in total. The monoisotopic (exact) mass is 229 g/mol. The first kappa shape index (κ1) is 11.5. The number of nitrogens with zero attached hydrogens (tertiary/aromatic N) is 1. The van der Waals surface area contributed by atoms with Gasteiger partial charge in [0, 0.05) is 18.0 Å². The first-order valence-electron chi connectivity index (χ1n) is 5.60. The second-order valence-electron chi connectivity index (χ2n) is 4.08. The largest absolute Gasteiger partial charge is 0.491 e. The first-order chi connectivity index (χ1) is 8.20. The lowest BCUT2D eigenvalue weighted by molar-refractivity contribution is 0.111. The zero-order valence-electron chi connectivity index (χ0n) is 9.96. The summed E-state index contributed by atoms with van der Waals surface area (Å²) in [5.74, 6) is 0.808. The molecule has 1 heterocycles. The third kappa shape index (κ3) is 2.56. The van der Waals surface area contributed by atoms with E-state index in [0.29, 0.717) is 5.69 Å². The molecular weight excluding hydrogens is 214 g/mol. The van der Waals surface area contributed by atoms with Crippen LogP contribution in [-0.2, 0) is 0 Å². The molecule has 0 bridgehead atoms. The third-order valence-corrected chi connectivity index (χ3v) is 2.37. The van der Waals surface area contributed by atoms with Crippen LogP contribution in [0.25, 0.3) is 5.69 Å². The molecule has 0 saturated carbocycles. The number of carbonyl (C=O) groups excluding carboxylic acids is 1. The van der Waals surface area contributed by atoms with Crippen molar-refractivity contribution < 1.29 is 9.53 Å². The number of aldehydes is 1. The highest BCUT2D eigenvalue weighted by Crippen LogP contribution is 2.19. The molecule has 0 radical (unpaired) electrons. The molecule has 0 unspecified atom stereocenters. The summed E-state index contributed by atoms with van der Waals surface area (Å²) in [5.41, 5.74) is 1.56. The predicted octanol–water partition coefficient (Wildman–Crippen LogP) is 3.08. The maximum atomic E-state index is 10.9. The number of carbonyl (C=O) groups is 1. The fraction of sp³-hybridized carbons (Fsp3) is 0.214. The van der Waals surface area contributed by atoms with E-state index in [0.717, 1.165) is 17.7 Å². The highest BCUT2D eigenvalue weighted by molar-refractivity contribution is 5.73. The average molecular weight is 229 g/mol. The van der Waals surface area contributed by atoms with Crippen molar-refractivity contribution in [3.05, 3.63) is 48.3 Å². The van der Waals surface area contributed by atoms with Gasteiger partial charge in [-0.2, -0.15) is 0 Å². The Hall–Kier alpha value is -2.03. The molecule has 1 aromatic carbocycles. The molecule has 0 aliphatic rings. The van der Waals surface area contributed by atoms with Crippen molar-refractivity contribution in [2.75, 3.05) is 0 Å². The summed E-state index contributed by atoms with van der Waals surface area (Å²) in [4.78, 5) is 10.9. The van der Waals surface area contributed by atoms with Crippen molar-refractivity contribution in [2.45, 2.75) is 20.0 Å². The number of ether oxygens (including phenoxy) is 1. The van der Waals surface area contributed by atoms with E-state index in [4.69, 9.17) is 4.74 Å². The van der Waals surface area contributed by atoms with Gasteiger partial charge in [-0.3, -0.25) is 4.79 Å². The Labute approximate surface area is 101 Å². The van der Waals surface area contributed by atoms with Crippen LogP contribution in [0.3, 0.4) is 0 Å². The Kier molecular flexibility index (Phi) is 3.28. The number of hydrogen-bond acceptors (Lipinski definition) is 2. The summed E-state index contributed by atoms with van der Waals surface area (Å²) in [7, 11) is 0. The van der Waals surface area contributed by atoms with Crippen LogP contribution < -0.4 is 4.74 Å². The van der Waals surface area contributed by atoms with Gasteiger partial charge in [0.05, 0.1) is 11.8 Å². The molecule has 0 aliphatic carbocycles. The van der Waals surface area contributed by atoms with Crippen LogP contribution in [-0.4, -0.2) is 17.0 Å². The number of hydrogen-bond donors (Lipinski definition) is 0. The molecule has 0 N–H and O–H groups in total. The molecule has 0 atom stereocenters. The van der Waals surface area contributed by atoms with Gasteiger partial charge in [0.15, 0.2) is 6.29 Å². The molecule has 0 spiro atoms. The van der Waals surface area contributed by atoms with Gasteiger partial charge in [-0.25, -0.2) is 0 Å². The van der Waals surface area contributed by atoms with Crippen LogP contribution in [0.15, 0.2) is 42.6 Å². The summed E-state index contributed by atoms with van der Waals surface area (Å²) in [6.07, 6.45) is 2.84. The van der Waals surface area contributed by atoms with E-state index in [-0.39, 0.29) is 6.10 Å². The summed E-state index contributed by atoms with van der Waals surface area (Å²) in [5, 5.41) is 0. The molecule has 1 aromatic heterocycles. The Morgan fingerprint density at radius 3 is 2.76 bits per heavy atom. The van der Waals surface area contributed by atoms with E-state index in [1.54, 1.807) is 6.07 Å². The van der Waals surface area contributed by atoms with Gasteiger partial charge in [0.1, 0.15) is 5.75 Å². The normalized spacial score (nSPS) is 10.5. The second kappa shape index (κ2) is 4.87. The van der Waals surface area contributed by atoms with Crippen molar-refractivity contribution in [1.82, 2.24) is 4.57 Å². The van der Waals surface area contributed by atoms with E-state index >= 15 is 0 Å². The first-order valence-corrected chi connectivity index (χ1v) is 5.60. The quantitative estimate of drug-likeness (QED) is 0.754. The van der Waals surface area contributed by atoms with Crippen molar-refractivity contribution >= 4 is 6.29 Å². The predicted molar refractivity (Wildman–Crippen MR) is 66.9 cm³/mol. The Morgan fingerprint density at radius 2 is 2.06 bits per heavy atom. The summed E-state index contributed by atoms with van der Waals surface area (Å²) in [6, 6.07) is 11.3. The second-order valence-corrected chi connectivity index (χ2v) is 4.08. The minimum atomic E-state index is 0.139. The van der Waals surface area contributed by atoms with Crippen LogP contribution in [0.2, 0.25) is 0 Å². The minimum absolute atomic E-state index is 0.139. The molecule has 0 saturated heterocycles. The average Bonchev–Trinajstić information content (AvgIpc) is 2.76. The Balaban J connectivity index is 2.36. The summed E-state index contributed by atoms with van der Waals surface area (Å²) in [6.45, 7) is 3.97. The lowest BCUT2D eigenvalue weighted by Gasteiger charge is -2.12. The number of aromatic nitrogens is 1. The van der Waals surface area contributed by atoms with Crippen molar-refractivity contribution in [2.24, 2.45) is 0 Å². The van der Waals surface area contributed by atoms with E-state index in [1.807, 2.05) is 54.9 Å². The minimum Gasteiger partial charge on any atom is -0.491 e. The van der Waals surface area contributed by atoms with Crippen LogP contribution in [0, 0.1) is 0 Å².